The molecule has 0 aromatic heterocycles. The first kappa shape index (κ1) is 28.1. The predicted molar refractivity (Wildman–Crippen MR) is 143 cm³/mol. The number of hydrogen-bond donors (Lipinski definition) is 3. The number of aliphatic carboxylic acids is 1. The zero-order valence-corrected chi connectivity index (χ0v) is 22.3. The number of anilines is 1. The van der Waals surface area contributed by atoms with Gasteiger partial charge < -0.3 is 15.7 Å². The van der Waals surface area contributed by atoms with E-state index in [4.69, 9.17) is 11.6 Å². The number of carboxylic acid groups (broad SMARTS) is 1. The highest BCUT2D eigenvalue weighted by Gasteiger charge is 2.42. The number of hydrogen-bond acceptors (Lipinski definition) is 4. The molecule has 2 amide bonds. The summed E-state index contributed by atoms with van der Waals surface area (Å²) in [5.41, 5.74) is 3.18. The molecule has 2 aromatic carbocycles. The molecule has 3 aliphatic rings. The van der Waals surface area contributed by atoms with Crippen LogP contribution in [0.1, 0.15) is 67.6 Å². The molecule has 0 bridgehead atoms. The topological polar surface area (TPSA) is 108 Å². The van der Waals surface area contributed by atoms with Crippen LogP contribution in [0.3, 0.4) is 0 Å². The Morgan fingerprint density at radius 2 is 1.77 bits per heavy atom. The third-order valence-electron chi connectivity index (χ3n) is 7.68. The summed E-state index contributed by atoms with van der Waals surface area (Å²) in [6, 6.07) is 12.4. The molecule has 0 saturated heterocycles. The molecular formula is C29H29ClF3N3O4. The normalized spacial score (nSPS) is 20.4. The number of carboxylic acids is 1. The van der Waals surface area contributed by atoms with Crippen molar-refractivity contribution in [3.8, 4) is 0 Å². The summed E-state index contributed by atoms with van der Waals surface area (Å²) in [6.45, 7) is 0. The van der Waals surface area contributed by atoms with Crippen LogP contribution in [0, 0.1) is 17.8 Å². The van der Waals surface area contributed by atoms with Crippen molar-refractivity contribution < 1.29 is 32.7 Å². The first-order valence-electron chi connectivity index (χ1n) is 13.4. The average molecular weight is 576 g/mol. The Morgan fingerprint density at radius 1 is 1.07 bits per heavy atom. The van der Waals surface area contributed by atoms with Crippen LogP contribution in [-0.4, -0.2) is 40.9 Å². The number of rotatable bonds is 10. The lowest BCUT2D eigenvalue weighted by Gasteiger charge is -2.25. The predicted octanol–water partition coefficient (Wildman–Crippen LogP) is 5.91. The van der Waals surface area contributed by atoms with Crippen molar-refractivity contribution in [2.75, 3.05) is 5.32 Å². The van der Waals surface area contributed by atoms with Gasteiger partial charge in [-0.2, -0.15) is 13.2 Å². The van der Waals surface area contributed by atoms with Gasteiger partial charge in [-0.05, 0) is 55.2 Å². The maximum absolute atomic E-state index is 13.5. The molecule has 1 aliphatic heterocycles. The maximum atomic E-state index is 13.5. The number of fused-ring (bicyclic) bond motifs is 1. The third-order valence-corrected chi connectivity index (χ3v) is 7.94. The molecule has 2 fully saturated rings. The number of nitrogens with zero attached hydrogens (tertiary/aromatic N) is 1. The molecule has 3 N–H and O–H groups in total. The van der Waals surface area contributed by atoms with E-state index in [0.717, 1.165) is 31.2 Å². The van der Waals surface area contributed by atoms with Crippen molar-refractivity contribution in [1.82, 2.24) is 5.32 Å². The fourth-order valence-electron chi connectivity index (χ4n) is 5.25. The molecule has 11 heteroatoms. The van der Waals surface area contributed by atoms with Gasteiger partial charge in [0.15, 0.2) is 0 Å². The van der Waals surface area contributed by atoms with Gasteiger partial charge in [-0.1, -0.05) is 54.8 Å². The van der Waals surface area contributed by atoms with Gasteiger partial charge in [-0.15, -0.1) is 0 Å². The zero-order valence-electron chi connectivity index (χ0n) is 21.5. The summed E-state index contributed by atoms with van der Waals surface area (Å²) in [7, 11) is 0. The summed E-state index contributed by atoms with van der Waals surface area (Å²) in [4.78, 5) is 43.6. The smallest absolute Gasteiger partial charge is 0.389 e. The maximum Gasteiger partial charge on any atom is 0.389 e. The number of amides is 2. The molecule has 2 aliphatic carbocycles. The van der Waals surface area contributed by atoms with Gasteiger partial charge in [-0.25, -0.2) is 4.99 Å². The van der Waals surface area contributed by atoms with E-state index >= 15 is 0 Å². The molecule has 212 valence electrons. The van der Waals surface area contributed by atoms with Gasteiger partial charge in [0.05, 0.1) is 23.2 Å². The van der Waals surface area contributed by atoms with Crippen molar-refractivity contribution in [3.05, 3.63) is 64.2 Å². The minimum Gasteiger partial charge on any atom is -0.481 e. The molecule has 40 heavy (non-hydrogen) atoms. The molecule has 1 heterocycles. The van der Waals surface area contributed by atoms with Gasteiger partial charge in [0.2, 0.25) is 12.1 Å². The van der Waals surface area contributed by atoms with Gasteiger partial charge in [0.25, 0.3) is 5.91 Å². The van der Waals surface area contributed by atoms with Crippen LogP contribution in [0.2, 0.25) is 5.02 Å². The molecule has 0 radical (unpaired) electrons. The van der Waals surface area contributed by atoms with Gasteiger partial charge in [-0.3, -0.25) is 14.4 Å². The lowest BCUT2D eigenvalue weighted by atomic mass is 9.83. The van der Waals surface area contributed by atoms with Crippen molar-refractivity contribution in [1.29, 1.82) is 0 Å². The van der Waals surface area contributed by atoms with Crippen molar-refractivity contribution >= 4 is 40.8 Å². The molecule has 0 spiro atoms. The van der Waals surface area contributed by atoms with E-state index in [-0.39, 0.29) is 18.3 Å². The lowest BCUT2D eigenvalue weighted by molar-refractivity contribution is -0.154. The highest BCUT2D eigenvalue weighted by atomic mass is 35.5. The first-order valence-corrected chi connectivity index (χ1v) is 13.8. The summed E-state index contributed by atoms with van der Waals surface area (Å²) in [5.74, 6) is -5.37. The van der Waals surface area contributed by atoms with Crippen LogP contribution in [0.4, 0.5) is 18.9 Å². The van der Waals surface area contributed by atoms with E-state index in [2.05, 4.69) is 15.6 Å². The minimum atomic E-state index is -4.57. The molecular weight excluding hydrogens is 547 g/mol. The Bertz CT molecular complexity index is 1340. The van der Waals surface area contributed by atoms with Crippen molar-refractivity contribution in [2.24, 2.45) is 22.7 Å². The van der Waals surface area contributed by atoms with E-state index in [9.17, 15) is 32.7 Å². The van der Waals surface area contributed by atoms with Crippen molar-refractivity contribution in [2.45, 2.75) is 63.2 Å². The third kappa shape index (κ3) is 6.66. The van der Waals surface area contributed by atoms with Crippen LogP contribution in [0.15, 0.2) is 47.5 Å². The summed E-state index contributed by atoms with van der Waals surface area (Å²) >= 11 is 6.08. The highest BCUT2D eigenvalue weighted by Crippen LogP contribution is 2.45. The van der Waals surface area contributed by atoms with Crippen LogP contribution in [-0.2, 0) is 14.4 Å². The minimum absolute atomic E-state index is 0.0633. The van der Waals surface area contributed by atoms with E-state index < -0.39 is 54.8 Å². The fourth-order valence-corrected chi connectivity index (χ4v) is 5.38. The molecule has 3 atom stereocenters. The monoisotopic (exact) mass is 575 g/mol. The Labute approximate surface area is 234 Å². The molecule has 7 nitrogen and oxygen atoms in total. The second-order valence-electron chi connectivity index (χ2n) is 10.8. The van der Waals surface area contributed by atoms with Gasteiger partial charge >= 0.3 is 12.1 Å². The number of halogens is 4. The van der Waals surface area contributed by atoms with Gasteiger partial charge in [0.1, 0.15) is 0 Å². The highest BCUT2D eigenvalue weighted by molar-refractivity contribution is 6.31. The van der Waals surface area contributed by atoms with Crippen LogP contribution in [0.5, 0.6) is 0 Å². The largest absolute Gasteiger partial charge is 0.481 e. The van der Waals surface area contributed by atoms with Crippen LogP contribution >= 0.6 is 11.6 Å². The Hall–Kier alpha value is -3.40. The number of nitrogens with one attached hydrogen (secondary N) is 2. The van der Waals surface area contributed by atoms with Gasteiger partial charge in [0, 0.05) is 22.6 Å². The van der Waals surface area contributed by atoms with E-state index in [1.54, 1.807) is 30.3 Å². The van der Waals surface area contributed by atoms with Crippen LogP contribution < -0.4 is 10.6 Å². The standard InChI is InChI=1S/C29H29ClF3N3O4/c30-18-10-8-17(9-11-18)23-21-3-1-2-19(16-6-7-16)24(21)35-27(38)25(34-23)36-26(37)20(12-13-29(31,32)33)22(28(39)40)14-15-4-5-15/h1-3,8-11,15-16,20,22,25H,4-7,12-14H2,(H,35,38)(H,36,37)(H,39,40)/t20?,22?,25-/m0/s1. The number of alkyl halides is 3. The summed E-state index contributed by atoms with van der Waals surface area (Å²) in [5, 5.41) is 15.7. The average Bonchev–Trinajstić information content (AvgIpc) is 3.80. The Kier molecular flexibility index (Phi) is 7.90. The molecule has 2 saturated carbocycles. The van der Waals surface area contributed by atoms with Crippen molar-refractivity contribution in [3.63, 3.8) is 0 Å². The van der Waals surface area contributed by atoms with E-state index in [1.165, 1.54) is 0 Å². The fraction of sp³-hybridized carbons (Fsp3) is 0.448. The van der Waals surface area contributed by atoms with Crippen LogP contribution in [0.25, 0.3) is 0 Å². The quantitative estimate of drug-likeness (QED) is 0.327. The molecule has 5 rings (SSSR count). The number of carbonyl (C=O) groups is 3. The summed E-state index contributed by atoms with van der Waals surface area (Å²) < 4.78 is 39.4. The molecule has 2 unspecified atom stereocenters. The first-order chi connectivity index (χ1) is 19.0. The SMILES string of the molecule is O=C(O)C(CC1CC1)C(CCC(F)(F)F)C(=O)N[C@@H]1N=C(c2ccc(Cl)cc2)c2cccc(C3CC3)c2NC1=O. The Morgan fingerprint density at radius 3 is 2.38 bits per heavy atom. The summed E-state index contributed by atoms with van der Waals surface area (Å²) in [6.07, 6.45) is -4.46. The number of benzodiazepines with no additional fused rings is 1. The number of para-hydroxylation sites is 1. The second kappa shape index (κ2) is 11.2. The second-order valence-corrected chi connectivity index (χ2v) is 11.2. The van der Waals surface area contributed by atoms with E-state index in [1.807, 2.05) is 12.1 Å². The number of aliphatic imine (C=N–C) groups is 1. The molecule has 2 aromatic rings. The van der Waals surface area contributed by atoms with E-state index in [0.29, 0.717) is 27.5 Å². The number of benzene rings is 2. The lowest BCUT2D eigenvalue weighted by Crippen LogP contribution is -2.47. The Balaban J connectivity index is 1.49. The zero-order chi connectivity index (χ0) is 28.6. The number of carbonyl (C=O) groups excluding carboxylic acids is 2.